The predicted molar refractivity (Wildman–Crippen MR) is 121 cm³/mol. The van der Waals surface area contributed by atoms with Crippen LogP contribution in [0.2, 0.25) is 0 Å². The van der Waals surface area contributed by atoms with Crippen molar-refractivity contribution in [2.45, 2.75) is 25.7 Å². The number of rotatable bonds is 7. The van der Waals surface area contributed by atoms with E-state index in [4.69, 9.17) is 5.73 Å². The molecule has 154 valence electrons. The van der Waals surface area contributed by atoms with Gasteiger partial charge in [0.1, 0.15) is 0 Å². The number of hydrogen-bond donors (Lipinski definition) is 1. The van der Waals surface area contributed by atoms with Crippen molar-refractivity contribution in [2.75, 3.05) is 13.1 Å². The number of thiophene rings is 1. The maximum Gasteiger partial charge on any atom is 0.225 e. The number of aryl methyl sites for hydroxylation is 1. The van der Waals surface area contributed by atoms with Crippen LogP contribution in [0, 0.1) is 5.41 Å². The van der Waals surface area contributed by atoms with E-state index in [1.54, 1.807) is 11.3 Å². The second-order valence-electron chi connectivity index (χ2n) is 8.08. The summed E-state index contributed by atoms with van der Waals surface area (Å²) in [7, 11) is 0. The lowest BCUT2D eigenvalue weighted by Crippen LogP contribution is -2.42. The second kappa shape index (κ2) is 8.84. The summed E-state index contributed by atoms with van der Waals surface area (Å²) >= 11 is 1.67. The molecule has 4 rings (SSSR count). The smallest absolute Gasteiger partial charge is 0.225 e. The third-order valence-electron chi connectivity index (χ3n) is 6.05. The molecule has 0 spiro atoms. The molecule has 3 aromatic rings. The molecule has 0 bridgehead atoms. The predicted octanol–water partition coefficient (Wildman–Crippen LogP) is 4.29. The minimum atomic E-state index is -0.688. The number of hydrogen-bond acceptors (Lipinski definition) is 3. The molecule has 30 heavy (non-hydrogen) atoms. The van der Waals surface area contributed by atoms with Crippen LogP contribution in [0.5, 0.6) is 0 Å². The molecule has 1 aromatic heterocycles. The highest BCUT2D eigenvalue weighted by molar-refractivity contribution is 7.08. The van der Waals surface area contributed by atoms with Crippen LogP contribution in [0.1, 0.15) is 24.0 Å². The van der Waals surface area contributed by atoms with Gasteiger partial charge in [-0.15, -0.1) is 0 Å². The molecule has 0 aliphatic carbocycles. The molecule has 1 fully saturated rings. The number of primary amides is 1. The monoisotopic (exact) mass is 418 g/mol. The zero-order chi connectivity index (χ0) is 21.0. The zero-order valence-corrected chi connectivity index (χ0v) is 17.7. The minimum Gasteiger partial charge on any atom is -0.369 e. The summed E-state index contributed by atoms with van der Waals surface area (Å²) in [6, 6.07) is 20.4. The van der Waals surface area contributed by atoms with Crippen LogP contribution < -0.4 is 5.73 Å². The van der Waals surface area contributed by atoms with Crippen molar-refractivity contribution in [1.82, 2.24) is 4.90 Å². The molecule has 0 radical (unpaired) electrons. The van der Waals surface area contributed by atoms with E-state index in [1.807, 2.05) is 35.2 Å². The van der Waals surface area contributed by atoms with Gasteiger partial charge in [0, 0.05) is 19.5 Å². The van der Waals surface area contributed by atoms with Crippen molar-refractivity contribution in [3.63, 3.8) is 0 Å². The topological polar surface area (TPSA) is 63.4 Å². The van der Waals surface area contributed by atoms with E-state index in [2.05, 4.69) is 41.1 Å². The zero-order valence-electron chi connectivity index (χ0n) is 16.9. The van der Waals surface area contributed by atoms with Crippen molar-refractivity contribution in [3.8, 4) is 11.1 Å². The number of benzene rings is 2. The number of likely N-dealkylation sites (tertiary alicyclic amines) is 1. The second-order valence-corrected chi connectivity index (χ2v) is 8.86. The van der Waals surface area contributed by atoms with Gasteiger partial charge >= 0.3 is 0 Å². The highest BCUT2D eigenvalue weighted by Gasteiger charge is 2.44. The van der Waals surface area contributed by atoms with Gasteiger partial charge in [0.25, 0.3) is 0 Å². The van der Waals surface area contributed by atoms with E-state index >= 15 is 0 Å². The lowest BCUT2D eigenvalue weighted by Gasteiger charge is -2.26. The fourth-order valence-electron chi connectivity index (χ4n) is 4.21. The van der Waals surface area contributed by atoms with Crippen LogP contribution in [-0.4, -0.2) is 29.8 Å². The van der Waals surface area contributed by atoms with E-state index in [-0.39, 0.29) is 11.8 Å². The molecule has 2 N–H and O–H groups in total. The molecule has 0 unspecified atom stereocenters. The molecule has 1 aliphatic heterocycles. The Morgan fingerprint density at radius 3 is 2.40 bits per heavy atom. The van der Waals surface area contributed by atoms with Gasteiger partial charge in [0.15, 0.2) is 0 Å². The number of amides is 2. The molecule has 1 saturated heterocycles. The summed E-state index contributed by atoms with van der Waals surface area (Å²) < 4.78 is 0. The third kappa shape index (κ3) is 4.46. The summed E-state index contributed by atoms with van der Waals surface area (Å²) in [5.41, 5.74) is 9.74. The molecule has 2 amide bonds. The third-order valence-corrected chi connectivity index (χ3v) is 6.73. The summed E-state index contributed by atoms with van der Waals surface area (Å²) in [5, 5.41) is 4.18. The Bertz CT molecular complexity index is 999. The first-order valence-electron chi connectivity index (χ1n) is 10.3. The Balaban J connectivity index is 1.41. The Morgan fingerprint density at radius 2 is 1.73 bits per heavy atom. The Kier molecular flexibility index (Phi) is 6.00. The van der Waals surface area contributed by atoms with Gasteiger partial charge in [-0.25, -0.2) is 0 Å². The normalized spacial score (nSPS) is 18.5. The maximum absolute atomic E-state index is 12.7. The van der Waals surface area contributed by atoms with Crippen molar-refractivity contribution >= 4 is 23.2 Å². The van der Waals surface area contributed by atoms with Crippen LogP contribution in [-0.2, 0) is 22.4 Å². The highest BCUT2D eigenvalue weighted by atomic mass is 32.1. The van der Waals surface area contributed by atoms with Crippen molar-refractivity contribution in [3.05, 3.63) is 82.6 Å². The lowest BCUT2D eigenvalue weighted by molar-refractivity contribution is -0.132. The fraction of sp³-hybridized carbons (Fsp3) is 0.280. The van der Waals surface area contributed by atoms with Gasteiger partial charge in [-0.2, -0.15) is 11.3 Å². The molecular formula is C25H26N2O2S. The molecular weight excluding hydrogens is 392 g/mol. The highest BCUT2D eigenvalue weighted by Crippen LogP contribution is 2.35. The number of carbonyl (C=O) groups is 2. The Hall–Kier alpha value is -2.92. The van der Waals surface area contributed by atoms with Crippen LogP contribution in [0.4, 0.5) is 0 Å². The number of nitrogens with zero attached hydrogens (tertiary/aromatic N) is 1. The molecule has 2 aromatic carbocycles. The summed E-state index contributed by atoms with van der Waals surface area (Å²) in [6.07, 6.45) is 2.35. The van der Waals surface area contributed by atoms with Crippen LogP contribution in [0.3, 0.4) is 0 Å². The lowest BCUT2D eigenvalue weighted by atomic mass is 9.80. The summed E-state index contributed by atoms with van der Waals surface area (Å²) in [5.74, 6) is -0.224. The first-order chi connectivity index (χ1) is 14.6. The summed E-state index contributed by atoms with van der Waals surface area (Å²) in [6.45, 7) is 0.992. The van der Waals surface area contributed by atoms with E-state index in [0.717, 1.165) is 16.7 Å². The number of nitrogens with two attached hydrogens (primary N) is 1. The molecule has 1 aliphatic rings. The minimum absolute atomic E-state index is 0.0924. The van der Waals surface area contributed by atoms with E-state index in [1.165, 1.54) is 5.56 Å². The average Bonchev–Trinajstić information content (AvgIpc) is 3.45. The quantitative estimate of drug-likeness (QED) is 0.622. The largest absolute Gasteiger partial charge is 0.369 e. The Labute approximate surface area is 181 Å². The van der Waals surface area contributed by atoms with Crippen LogP contribution >= 0.6 is 11.3 Å². The first-order valence-corrected chi connectivity index (χ1v) is 11.2. The molecule has 2 heterocycles. The fourth-order valence-corrected chi connectivity index (χ4v) is 4.87. The van der Waals surface area contributed by atoms with Crippen LogP contribution in [0.25, 0.3) is 11.1 Å². The van der Waals surface area contributed by atoms with Gasteiger partial charge in [-0.3, -0.25) is 9.59 Å². The van der Waals surface area contributed by atoms with Crippen molar-refractivity contribution in [2.24, 2.45) is 11.1 Å². The first kappa shape index (κ1) is 20.4. The van der Waals surface area contributed by atoms with Crippen molar-refractivity contribution in [1.29, 1.82) is 0 Å². The van der Waals surface area contributed by atoms with Gasteiger partial charge in [-0.1, -0.05) is 54.6 Å². The van der Waals surface area contributed by atoms with Gasteiger partial charge in [0.05, 0.1) is 5.41 Å². The number of carbonyl (C=O) groups excluding carboxylic acids is 2. The van der Waals surface area contributed by atoms with Gasteiger partial charge in [-0.05, 0) is 58.3 Å². The molecule has 0 saturated carbocycles. The van der Waals surface area contributed by atoms with Crippen molar-refractivity contribution < 1.29 is 9.59 Å². The molecule has 1 atom stereocenters. The molecule has 5 heteroatoms. The average molecular weight is 419 g/mol. The van der Waals surface area contributed by atoms with Crippen LogP contribution in [0.15, 0.2) is 71.4 Å². The standard InChI is InChI=1S/C25H26N2O2S/c26-24(29)25(16-20-6-9-21(10-7-20)22-12-15-30-17-22)13-14-27(18-25)23(28)11-8-19-4-2-1-3-5-19/h1-7,9-10,12,15,17H,8,11,13-14,16,18H2,(H2,26,29)/t25-/m0/s1. The van der Waals surface area contributed by atoms with E-state index in [9.17, 15) is 9.59 Å². The molecule has 4 nitrogen and oxygen atoms in total. The summed E-state index contributed by atoms with van der Waals surface area (Å²) in [4.78, 5) is 27.0. The van der Waals surface area contributed by atoms with E-state index in [0.29, 0.717) is 38.8 Å². The SMILES string of the molecule is NC(=O)[C@]1(Cc2ccc(-c3ccsc3)cc2)CCN(C(=O)CCc2ccccc2)C1. The van der Waals surface area contributed by atoms with Gasteiger partial charge in [0.2, 0.25) is 11.8 Å². The maximum atomic E-state index is 12.7. The Morgan fingerprint density at radius 1 is 0.967 bits per heavy atom. The van der Waals surface area contributed by atoms with Gasteiger partial charge < -0.3 is 10.6 Å². The van der Waals surface area contributed by atoms with E-state index < -0.39 is 5.41 Å².